The van der Waals surface area contributed by atoms with Crippen molar-refractivity contribution in [1.82, 2.24) is 9.62 Å². The highest BCUT2D eigenvalue weighted by molar-refractivity contribution is 7.99. The Morgan fingerprint density at radius 1 is 0.875 bits per heavy atom. The quantitative estimate of drug-likeness (QED) is 0.126. The SMILES string of the molecule is COc1cc(OC)cc(C(=O)NSc2ccc(CN(CCSc3ccccc3)Cc3c(F)cccc3Cl)cc2)c1. The van der Waals surface area contributed by atoms with Crippen LogP contribution in [0.25, 0.3) is 0 Å². The Kier molecular flexibility index (Phi) is 11.2. The van der Waals surface area contributed by atoms with Gasteiger partial charge in [-0.25, -0.2) is 4.39 Å². The summed E-state index contributed by atoms with van der Waals surface area (Å²) in [6, 6.07) is 28.0. The van der Waals surface area contributed by atoms with E-state index in [1.807, 2.05) is 42.5 Å². The van der Waals surface area contributed by atoms with E-state index < -0.39 is 0 Å². The smallest absolute Gasteiger partial charge is 0.261 e. The topological polar surface area (TPSA) is 50.8 Å². The van der Waals surface area contributed by atoms with Gasteiger partial charge in [0.1, 0.15) is 17.3 Å². The van der Waals surface area contributed by atoms with Crippen LogP contribution in [0.15, 0.2) is 101 Å². The number of rotatable bonds is 13. The van der Waals surface area contributed by atoms with Gasteiger partial charge in [-0.2, -0.15) is 0 Å². The van der Waals surface area contributed by atoms with Crippen molar-refractivity contribution in [2.24, 2.45) is 0 Å². The van der Waals surface area contributed by atoms with E-state index in [-0.39, 0.29) is 11.7 Å². The van der Waals surface area contributed by atoms with Gasteiger partial charge in [-0.3, -0.25) is 14.4 Å². The molecule has 1 N–H and O–H groups in total. The van der Waals surface area contributed by atoms with E-state index in [1.165, 1.54) is 22.9 Å². The summed E-state index contributed by atoms with van der Waals surface area (Å²) >= 11 is 9.34. The fourth-order valence-electron chi connectivity index (χ4n) is 3.95. The summed E-state index contributed by atoms with van der Waals surface area (Å²) in [7, 11) is 3.09. The molecule has 0 spiro atoms. The zero-order valence-electron chi connectivity index (χ0n) is 22.2. The van der Waals surface area contributed by atoms with Crippen molar-refractivity contribution in [3.63, 3.8) is 0 Å². The van der Waals surface area contributed by atoms with Crippen molar-refractivity contribution < 1.29 is 18.7 Å². The standard InChI is InChI=1S/C31H30ClFN2O3S2/c1-37-24-17-23(18-25(19-24)38-2)31(36)34-40-27-13-11-22(12-14-27)20-35(15-16-39-26-7-4-3-5-8-26)21-28-29(32)9-6-10-30(28)33/h3-14,17-19H,15-16,20-21H2,1-2H3,(H,34,36). The number of benzene rings is 4. The van der Waals surface area contributed by atoms with E-state index in [1.54, 1.807) is 56.3 Å². The predicted octanol–water partition coefficient (Wildman–Crippen LogP) is 7.73. The van der Waals surface area contributed by atoms with Gasteiger partial charge < -0.3 is 9.47 Å². The molecule has 0 unspecified atom stereocenters. The molecule has 0 aliphatic rings. The lowest BCUT2D eigenvalue weighted by Gasteiger charge is -2.23. The number of thioether (sulfide) groups is 1. The van der Waals surface area contributed by atoms with Gasteiger partial charge in [0.2, 0.25) is 0 Å². The third-order valence-electron chi connectivity index (χ3n) is 6.07. The fraction of sp³-hybridized carbons (Fsp3) is 0.194. The average Bonchev–Trinajstić information content (AvgIpc) is 2.98. The number of ether oxygens (including phenoxy) is 2. The van der Waals surface area contributed by atoms with Gasteiger partial charge in [-0.05, 0) is 66.0 Å². The number of halogens is 2. The van der Waals surface area contributed by atoms with Gasteiger partial charge in [-0.15, -0.1) is 11.8 Å². The van der Waals surface area contributed by atoms with Crippen LogP contribution >= 0.6 is 35.3 Å². The molecule has 0 saturated heterocycles. The lowest BCUT2D eigenvalue weighted by molar-refractivity contribution is 0.0983. The first-order chi connectivity index (χ1) is 19.4. The maximum atomic E-state index is 14.6. The number of carbonyl (C=O) groups excluding carboxylic acids is 1. The van der Waals surface area contributed by atoms with Gasteiger partial charge in [0.25, 0.3) is 5.91 Å². The lowest BCUT2D eigenvalue weighted by atomic mass is 10.1. The van der Waals surface area contributed by atoms with Crippen LogP contribution in [0.3, 0.4) is 0 Å². The first-order valence-corrected chi connectivity index (χ1v) is 14.8. The normalized spacial score (nSPS) is 10.9. The highest BCUT2D eigenvalue weighted by Crippen LogP contribution is 2.25. The summed E-state index contributed by atoms with van der Waals surface area (Å²) < 4.78 is 27.9. The minimum atomic E-state index is -0.302. The summed E-state index contributed by atoms with van der Waals surface area (Å²) in [5.74, 6) is 1.38. The molecule has 0 atom stereocenters. The summed E-state index contributed by atoms with van der Waals surface area (Å²) in [5.41, 5.74) is 2.01. The molecule has 4 aromatic rings. The average molecular weight is 597 g/mol. The number of hydrogen-bond donors (Lipinski definition) is 1. The second-order valence-electron chi connectivity index (χ2n) is 8.85. The zero-order chi connectivity index (χ0) is 28.3. The molecule has 4 rings (SSSR count). The van der Waals surface area contributed by atoms with Crippen LogP contribution in [-0.2, 0) is 13.1 Å². The van der Waals surface area contributed by atoms with Crippen LogP contribution in [0, 0.1) is 5.82 Å². The number of methoxy groups -OCH3 is 2. The van der Waals surface area contributed by atoms with Crippen molar-refractivity contribution in [1.29, 1.82) is 0 Å². The molecule has 0 heterocycles. The molecule has 0 fully saturated rings. The van der Waals surface area contributed by atoms with Gasteiger partial charge in [0.15, 0.2) is 0 Å². The summed E-state index contributed by atoms with van der Waals surface area (Å²) in [6.07, 6.45) is 0. The van der Waals surface area contributed by atoms with Crippen molar-refractivity contribution in [3.05, 3.63) is 119 Å². The van der Waals surface area contributed by atoms with Crippen LogP contribution in [0.5, 0.6) is 11.5 Å². The first kappa shape index (κ1) is 29.8. The van der Waals surface area contributed by atoms with Gasteiger partial charge in [0.05, 0.1) is 14.2 Å². The summed E-state index contributed by atoms with van der Waals surface area (Å²) in [4.78, 5) is 17.0. The van der Waals surface area contributed by atoms with E-state index in [9.17, 15) is 9.18 Å². The number of amides is 1. The molecule has 0 aliphatic heterocycles. The minimum absolute atomic E-state index is 0.255. The molecule has 9 heteroatoms. The van der Waals surface area contributed by atoms with E-state index >= 15 is 0 Å². The minimum Gasteiger partial charge on any atom is -0.497 e. The Hall–Kier alpha value is -3.17. The van der Waals surface area contributed by atoms with E-state index in [4.69, 9.17) is 21.1 Å². The number of nitrogens with zero attached hydrogens (tertiary/aromatic N) is 1. The Morgan fingerprint density at radius 3 is 2.23 bits per heavy atom. The first-order valence-electron chi connectivity index (χ1n) is 12.6. The molecule has 0 saturated carbocycles. The lowest BCUT2D eigenvalue weighted by Crippen LogP contribution is -2.26. The summed E-state index contributed by atoms with van der Waals surface area (Å²) in [5, 5.41) is 0.428. The molecule has 4 aromatic carbocycles. The maximum Gasteiger partial charge on any atom is 0.261 e. The second kappa shape index (κ2) is 15.0. The number of hydrogen-bond acceptors (Lipinski definition) is 6. The molecule has 208 valence electrons. The van der Waals surface area contributed by atoms with Crippen LogP contribution in [-0.4, -0.2) is 37.3 Å². The third-order valence-corrected chi connectivity index (χ3v) is 8.21. The zero-order valence-corrected chi connectivity index (χ0v) is 24.6. The number of carbonyl (C=O) groups is 1. The van der Waals surface area contributed by atoms with E-state index in [0.717, 1.165) is 22.8 Å². The summed E-state index contributed by atoms with van der Waals surface area (Å²) in [6.45, 7) is 1.78. The van der Waals surface area contributed by atoms with Crippen LogP contribution in [0.2, 0.25) is 5.02 Å². The Morgan fingerprint density at radius 2 is 1.57 bits per heavy atom. The largest absolute Gasteiger partial charge is 0.497 e. The van der Waals surface area contributed by atoms with Crippen LogP contribution in [0.4, 0.5) is 4.39 Å². The fourth-order valence-corrected chi connectivity index (χ4v) is 5.71. The Bertz CT molecular complexity index is 1370. The monoisotopic (exact) mass is 596 g/mol. The molecule has 1 amide bonds. The van der Waals surface area contributed by atoms with Crippen LogP contribution < -0.4 is 14.2 Å². The molecular formula is C31H30ClFN2O3S2. The van der Waals surface area contributed by atoms with Crippen molar-refractivity contribution in [3.8, 4) is 11.5 Å². The number of nitrogens with one attached hydrogen (secondary N) is 1. The van der Waals surface area contributed by atoms with E-state index in [2.05, 4.69) is 21.8 Å². The van der Waals surface area contributed by atoms with Gasteiger partial charge >= 0.3 is 0 Å². The van der Waals surface area contributed by atoms with Gasteiger partial charge in [-0.1, -0.05) is 48.0 Å². The molecule has 0 radical (unpaired) electrons. The van der Waals surface area contributed by atoms with Crippen molar-refractivity contribution in [2.75, 3.05) is 26.5 Å². The van der Waals surface area contributed by atoms with E-state index in [0.29, 0.717) is 40.7 Å². The highest BCUT2D eigenvalue weighted by Gasteiger charge is 2.14. The maximum absolute atomic E-state index is 14.6. The van der Waals surface area contributed by atoms with Crippen molar-refractivity contribution >= 4 is 41.2 Å². The second-order valence-corrected chi connectivity index (χ2v) is 11.3. The molecular weight excluding hydrogens is 567 g/mol. The molecule has 0 bridgehead atoms. The molecule has 40 heavy (non-hydrogen) atoms. The highest BCUT2D eigenvalue weighted by atomic mass is 35.5. The Labute approximate surface area is 248 Å². The van der Waals surface area contributed by atoms with Gasteiger partial charge in [0, 0.05) is 57.4 Å². The predicted molar refractivity (Wildman–Crippen MR) is 162 cm³/mol. The molecule has 0 aromatic heterocycles. The molecule has 0 aliphatic carbocycles. The third kappa shape index (κ3) is 8.66. The Balaban J connectivity index is 1.39. The molecule has 5 nitrogen and oxygen atoms in total. The van der Waals surface area contributed by atoms with Crippen molar-refractivity contribution in [2.45, 2.75) is 22.9 Å². The van der Waals surface area contributed by atoms with Crippen LogP contribution in [0.1, 0.15) is 21.5 Å².